The fourth-order valence-corrected chi connectivity index (χ4v) is 4.88. The number of rotatable bonds is 9. The van der Waals surface area contributed by atoms with Crippen molar-refractivity contribution in [3.63, 3.8) is 0 Å². The average molecular weight is 552 g/mol. The molecule has 0 spiro atoms. The molecule has 10 heteroatoms. The standard InChI is InChI=1S/C30H41N5O5/c1-30(2,3)31-29(37)34(14-13-33-15-17-40-18-16-33)21-28(36)35-26(24-11-6-7-12-27(24)39-5)20-25(32-35)22-9-8-10-23(19-22)38-4/h6-12,19,26H,13-18,20-21H2,1-5H3,(H,31,37)/t26-/m0/s1. The summed E-state index contributed by atoms with van der Waals surface area (Å²) < 4.78 is 16.5. The van der Waals surface area contributed by atoms with Crippen LogP contribution in [-0.2, 0) is 9.53 Å². The van der Waals surface area contributed by atoms with Crippen LogP contribution < -0.4 is 14.8 Å². The molecule has 0 unspecified atom stereocenters. The zero-order valence-corrected chi connectivity index (χ0v) is 24.2. The molecule has 2 heterocycles. The van der Waals surface area contributed by atoms with Crippen LogP contribution in [0, 0.1) is 0 Å². The summed E-state index contributed by atoms with van der Waals surface area (Å²) in [5, 5.41) is 9.34. The number of methoxy groups -OCH3 is 2. The van der Waals surface area contributed by atoms with Crippen molar-refractivity contribution in [1.29, 1.82) is 0 Å². The molecule has 1 fully saturated rings. The number of hydrogen-bond donors (Lipinski definition) is 1. The Morgan fingerprint density at radius 3 is 2.52 bits per heavy atom. The van der Waals surface area contributed by atoms with Gasteiger partial charge in [-0.2, -0.15) is 5.10 Å². The topological polar surface area (TPSA) is 95.9 Å². The van der Waals surface area contributed by atoms with Gasteiger partial charge in [0.05, 0.1) is 39.2 Å². The molecule has 1 atom stereocenters. The molecule has 3 amide bonds. The zero-order valence-electron chi connectivity index (χ0n) is 24.2. The number of carbonyl (C=O) groups excluding carboxylic acids is 2. The summed E-state index contributed by atoms with van der Waals surface area (Å²) in [5.41, 5.74) is 2.06. The molecular weight excluding hydrogens is 510 g/mol. The van der Waals surface area contributed by atoms with Crippen LogP contribution in [0.5, 0.6) is 11.5 Å². The van der Waals surface area contributed by atoms with Crippen LogP contribution in [-0.4, -0.2) is 98.2 Å². The van der Waals surface area contributed by atoms with Gasteiger partial charge in [-0.1, -0.05) is 30.3 Å². The van der Waals surface area contributed by atoms with E-state index in [9.17, 15) is 9.59 Å². The molecule has 0 radical (unpaired) electrons. The van der Waals surface area contributed by atoms with E-state index in [0.717, 1.165) is 29.9 Å². The van der Waals surface area contributed by atoms with Crippen molar-refractivity contribution in [2.24, 2.45) is 5.10 Å². The van der Waals surface area contributed by atoms with Crippen LogP contribution in [0.3, 0.4) is 0 Å². The number of ether oxygens (including phenoxy) is 3. The average Bonchev–Trinajstić information content (AvgIpc) is 3.40. The third-order valence-corrected chi connectivity index (χ3v) is 6.95. The number of hydrogen-bond acceptors (Lipinski definition) is 7. The predicted molar refractivity (Wildman–Crippen MR) is 154 cm³/mol. The molecule has 4 rings (SSSR count). The Morgan fingerprint density at radius 2 is 1.82 bits per heavy atom. The second kappa shape index (κ2) is 13.1. The molecule has 0 saturated carbocycles. The molecule has 1 saturated heterocycles. The fraction of sp³-hybridized carbons (Fsp3) is 0.500. The van der Waals surface area contributed by atoms with Crippen LogP contribution in [0.1, 0.15) is 44.4 Å². The Kier molecular flexibility index (Phi) is 9.65. The highest BCUT2D eigenvalue weighted by Crippen LogP contribution is 2.37. The van der Waals surface area contributed by atoms with E-state index in [0.29, 0.717) is 44.2 Å². The zero-order chi connectivity index (χ0) is 28.7. The highest BCUT2D eigenvalue weighted by molar-refractivity contribution is 6.03. The second-order valence-corrected chi connectivity index (χ2v) is 11.0. The maximum atomic E-state index is 14.0. The van der Waals surface area contributed by atoms with Gasteiger partial charge in [-0.25, -0.2) is 9.80 Å². The number of carbonyl (C=O) groups is 2. The van der Waals surface area contributed by atoms with Crippen LogP contribution in [0.25, 0.3) is 0 Å². The largest absolute Gasteiger partial charge is 0.497 e. The lowest BCUT2D eigenvalue weighted by molar-refractivity contribution is -0.133. The van der Waals surface area contributed by atoms with Crippen molar-refractivity contribution >= 4 is 17.6 Å². The van der Waals surface area contributed by atoms with Gasteiger partial charge in [0.15, 0.2) is 0 Å². The van der Waals surface area contributed by atoms with E-state index in [2.05, 4.69) is 10.2 Å². The number of benzene rings is 2. The molecule has 0 bridgehead atoms. The Balaban J connectivity index is 1.61. The summed E-state index contributed by atoms with van der Waals surface area (Å²) in [6.07, 6.45) is 0.501. The van der Waals surface area contributed by atoms with Crippen molar-refractivity contribution < 1.29 is 23.8 Å². The van der Waals surface area contributed by atoms with Gasteiger partial charge >= 0.3 is 6.03 Å². The maximum Gasteiger partial charge on any atom is 0.318 e. The number of nitrogens with zero attached hydrogens (tertiary/aromatic N) is 4. The monoisotopic (exact) mass is 551 g/mol. The first-order valence-electron chi connectivity index (χ1n) is 13.7. The molecule has 2 aromatic rings. The van der Waals surface area contributed by atoms with Gasteiger partial charge in [-0.15, -0.1) is 0 Å². The summed E-state index contributed by atoms with van der Waals surface area (Å²) in [5.74, 6) is 1.13. The summed E-state index contributed by atoms with van der Waals surface area (Å²) in [4.78, 5) is 31.1. The predicted octanol–water partition coefficient (Wildman–Crippen LogP) is 3.52. The highest BCUT2D eigenvalue weighted by atomic mass is 16.5. The van der Waals surface area contributed by atoms with Crippen LogP contribution in [0.4, 0.5) is 4.79 Å². The minimum absolute atomic E-state index is 0.104. The van der Waals surface area contributed by atoms with Crippen LogP contribution in [0.15, 0.2) is 53.6 Å². The van der Waals surface area contributed by atoms with Crippen molar-refractivity contribution in [2.45, 2.75) is 38.8 Å². The SMILES string of the molecule is COc1cccc(C2=NN(C(=O)CN(CCN3CCOCC3)C(=O)NC(C)(C)C)[C@H](c3ccccc3OC)C2)c1. The van der Waals surface area contributed by atoms with Gasteiger partial charge in [-0.3, -0.25) is 9.69 Å². The molecule has 2 aliphatic heterocycles. The number of nitrogens with one attached hydrogen (secondary N) is 1. The lowest BCUT2D eigenvalue weighted by Gasteiger charge is -2.33. The summed E-state index contributed by atoms with van der Waals surface area (Å²) in [7, 11) is 3.24. The Bertz CT molecular complexity index is 1200. The van der Waals surface area contributed by atoms with Gasteiger partial charge in [0.25, 0.3) is 5.91 Å². The number of urea groups is 1. The Labute approximate surface area is 236 Å². The molecule has 2 aliphatic rings. The van der Waals surface area contributed by atoms with Gasteiger partial charge in [0, 0.05) is 49.3 Å². The molecular formula is C30H41N5O5. The minimum Gasteiger partial charge on any atom is -0.497 e. The first kappa shape index (κ1) is 29.4. The molecule has 10 nitrogen and oxygen atoms in total. The third kappa shape index (κ3) is 7.51. The van der Waals surface area contributed by atoms with Crippen LogP contribution in [0.2, 0.25) is 0 Å². The fourth-order valence-electron chi connectivity index (χ4n) is 4.88. The lowest BCUT2D eigenvalue weighted by Crippen LogP contribution is -2.53. The van der Waals surface area contributed by atoms with Gasteiger partial charge < -0.3 is 24.4 Å². The van der Waals surface area contributed by atoms with Crippen molar-refractivity contribution in [1.82, 2.24) is 20.1 Å². The van der Waals surface area contributed by atoms with E-state index in [1.807, 2.05) is 69.3 Å². The first-order valence-corrected chi connectivity index (χ1v) is 13.7. The smallest absolute Gasteiger partial charge is 0.318 e. The van der Waals surface area contributed by atoms with Gasteiger partial charge in [0.1, 0.15) is 18.0 Å². The van der Waals surface area contributed by atoms with E-state index >= 15 is 0 Å². The van der Waals surface area contributed by atoms with E-state index < -0.39 is 5.54 Å². The number of morpholine rings is 1. The Morgan fingerprint density at radius 1 is 1.07 bits per heavy atom. The summed E-state index contributed by atoms with van der Waals surface area (Å²) in [6.45, 7) is 9.69. The van der Waals surface area contributed by atoms with Gasteiger partial charge in [-0.05, 0) is 39.0 Å². The lowest BCUT2D eigenvalue weighted by atomic mass is 9.97. The molecule has 40 heavy (non-hydrogen) atoms. The maximum absolute atomic E-state index is 14.0. The van der Waals surface area contributed by atoms with Crippen molar-refractivity contribution in [3.8, 4) is 11.5 Å². The molecule has 0 aromatic heterocycles. The van der Waals surface area contributed by atoms with E-state index in [-0.39, 0.29) is 24.5 Å². The van der Waals surface area contributed by atoms with Gasteiger partial charge in [0.2, 0.25) is 0 Å². The van der Waals surface area contributed by atoms with Crippen LogP contribution >= 0.6 is 0 Å². The number of para-hydroxylation sites is 1. The van der Waals surface area contributed by atoms with Crippen molar-refractivity contribution in [3.05, 3.63) is 59.7 Å². The normalized spacial score (nSPS) is 17.8. The molecule has 1 N–H and O–H groups in total. The highest BCUT2D eigenvalue weighted by Gasteiger charge is 2.36. The molecule has 2 aromatic carbocycles. The van der Waals surface area contributed by atoms with E-state index in [4.69, 9.17) is 19.3 Å². The van der Waals surface area contributed by atoms with E-state index in [1.54, 1.807) is 19.1 Å². The Hall–Kier alpha value is -3.63. The number of amides is 3. The van der Waals surface area contributed by atoms with E-state index in [1.165, 1.54) is 5.01 Å². The number of hydrazone groups is 1. The second-order valence-electron chi connectivity index (χ2n) is 11.0. The minimum atomic E-state index is -0.442. The molecule has 216 valence electrons. The van der Waals surface area contributed by atoms with Crippen molar-refractivity contribution in [2.75, 3.05) is 60.2 Å². The quantitative estimate of drug-likeness (QED) is 0.513. The summed E-state index contributed by atoms with van der Waals surface area (Å²) in [6, 6.07) is 14.7. The molecule has 0 aliphatic carbocycles. The first-order chi connectivity index (χ1) is 19.2. The summed E-state index contributed by atoms with van der Waals surface area (Å²) >= 11 is 0. The third-order valence-electron chi connectivity index (χ3n) is 6.95.